The van der Waals surface area contributed by atoms with Crippen LogP contribution in [0.1, 0.15) is 22.3 Å². The molecule has 8 nitrogen and oxygen atoms in total. The van der Waals surface area contributed by atoms with Gasteiger partial charge < -0.3 is 14.4 Å². The molecule has 2 aliphatic heterocycles. The van der Waals surface area contributed by atoms with Crippen LogP contribution in [-0.2, 0) is 0 Å². The van der Waals surface area contributed by atoms with Crippen molar-refractivity contribution in [2.45, 2.75) is 12.5 Å². The van der Waals surface area contributed by atoms with E-state index in [0.29, 0.717) is 29.2 Å². The van der Waals surface area contributed by atoms with Crippen LogP contribution in [0.3, 0.4) is 0 Å². The third-order valence-corrected chi connectivity index (χ3v) is 4.86. The number of nitrogens with zero attached hydrogens (tertiary/aromatic N) is 3. The number of nitro benzene ring substituents is 1. The molecule has 1 amide bonds. The molecule has 0 spiro atoms. The standard InChI is InChI=1S/C20H17N3O5/c1-27-18-8-16-17(9-19(18)28-2)21-10-15-7-13(11-22(15)20(16)24)12-4-3-5-14(6-12)23(25)26/h3-6,8-11,15H,7H2,1-2H3/t15-/m0/s1. The third-order valence-electron chi connectivity index (χ3n) is 4.86. The Morgan fingerprint density at radius 3 is 2.64 bits per heavy atom. The topological polar surface area (TPSA) is 94.3 Å². The molecule has 2 aromatic rings. The highest BCUT2D eigenvalue weighted by Gasteiger charge is 2.33. The minimum atomic E-state index is -0.431. The summed E-state index contributed by atoms with van der Waals surface area (Å²) in [5.41, 5.74) is 2.51. The number of hydrogen-bond donors (Lipinski definition) is 0. The SMILES string of the molecule is COc1cc2c(cc1OC)C(=O)N1C=C(c3cccc([N+](=O)[O-])c3)C[C@H]1C=N2. The fourth-order valence-electron chi connectivity index (χ4n) is 3.44. The molecule has 0 saturated heterocycles. The molecule has 1 atom stereocenters. The van der Waals surface area contributed by atoms with E-state index in [2.05, 4.69) is 4.99 Å². The Bertz CT molecular complexity index is 1040. The van der Waals surface area contributed by atoms with E-state index in [9.17, 15) is 14.9 Å². The van der Waals surface area contributed by atoms with Gasteiger partial charge in [0, 0.05) is 37.0 Å². The molecule has 0 bridgehead atoms. The fraction of sp³-hybridized carbons (Fsp3) is 0.200. The predicted molar refractivity (Wildman–Crippen MR) is 103 cm³/mol. The number of ether oxygens (including phenoxy) is 2. The molecule has 0 saturated carbocycles. The molecule has 28 heavy (non-hydrogen) atoms. The summed E-state index contributed by atoms with van der Waals surface area (Å²) in [6.07, 6.45) is 3.99. The Morgan fingerprint density at radius 1 is 1.18 bits per heavy atom. The van der Waals surface area contributed by atoms with Gasteiger partial charge in [0.25, 0.3) is 11.6 Å². The Morgan fingerprint density at radius 2 is 1.93 bits per heavy atom. The third kappa shape index (κ3) is 2.88. The minimum absolute atomic E-state index is 0.0164. The van der Waals surface area contributed by atoms with Crippen LogP contribution in [0, 0.1) is 10.1 Å². The van der Waals surface area contributed by atoms with E-state index in [1.54, 1.807) is 41.6 Å². The lowest BCUT2D eigenvalue weighted by Crippen LogP contribution is -2.32. The van der Waals surface area contributed by atoms with Crippen molar-refractivity contribution in [2.24, 2.45) is 4.99 Å². The van der Waals surface area contributed by atoms with Crippen molar-refractivity contribution in [3.05, 3.63) is 63.8 Å². The van der Waals surface area contributed by atoms with Crippen molar-refractivity contribution < 1.29 is 19.2 Å². The van der Waals surface area contributed by atoms with Crippen LogP contribution in [0.2, 0.25) is 0 Å². The molecular formula is C20H17N3O5. The van der Waals surface area contributed by atoms with Gasteiger partial charge in [-0.15, -0.1) is 0 Å². The lowest BCUT2D eigenvalue weighted by Gasteiger charge is -2.18. The zero-order valence-electron chi connectivity index (χ0n) is 15.3. The summed E-state index contributed by atoms with van der Waals surface area (Å²) in [4.78, 5) is 29.8. The molecular weight excluding hydrogens is 362 g/mol. The van der Waals surface area contributed by atoms with Crippen molar-refractivity contribution in [2.75, 3.05) is 14.2 Å². The highest BCUT2D eigenvalue weighted by atomic mass is 16.6. The van der Waals surface area contributed by atoms with Crippen LogP contribution in [0.4, 0.5) is 11.4 Å². The van der Waals surface area contributed by atoms with Crippen LogP contribution < -0.4 is 9.47 Å². The van der Waals surface area contributed by atoms with E-state index in [1.807, 2.05) is 0 Å². The second-order valence-corrected chi connectivity index (χ2v) is 6.45. The molecule has 2 aromatic carbocycles. The maximum absolute atomic E-state index is 13.1. The van der Waals surface area contributed by atoms with Gasteiger partial charge in [-0.25, -0.2) is 0 Å². The van der Waals surface area contributed by atoms with Crippen LogP contribution in [-0.4, -0.2) is 42.2 Å². The number of fused-ring (bicyclic) bond motifs is 2. The Labute approximate surface area is 160 Å². The quantitative estimate of drug-likeness (QED) is 0.598. The van der Waals surface area contributed by atoms with Crippen LogP contribution >= 0.6 is 0 Å². The first-order valence-electron chi connectivity index (χ1n) is 8.60. The van der Waals surface area contributed by atoms with Gasteiger partial charge in [-0.1, -0.05) is 12.1 Å². The molecule has 0 fully saturated rings. The van der Waals surface area contributed by atoms with Crippen LogP contribution in [0.5, 0.6) is 11.5 Å². The number of benzene rings is 2. The molecule has 0 aliphatic carbocycles. The maximum Gasteiger partial charge on any atom is 0.270 e. The number of rotatable bonds is 4. The molecule has 2 heterocycles. The van der Waals surface area contributed by atoms with Crippen LogP contribution in [0.25, 0.3) is 5.57 Å². The number of carbonyl (C=O) groups excluding carboxylic acids is 1. The molecule has 142 valence electrons. The van der Waals surface area contributed by atoms with Crippen molar-refractivity contribution in [3.63, 3.8) is 0 Å². The van der Waals surface area contributed by atoms with Crippen molar-refractivity contribution in [3.8, 4) is 11.5 Å². The second kappa shape index (κ2) is 6.80. The van der Waals surface area contributed by atoms with Gasteiger partial charge >= 0.3 is 0 Å². The van der Waals surface area contributed by atoms with Crippen molar-refractivity contribution in [1.29, 1.82) is 0 Å². The predicted octanol–water partition coefficient (Wildman–Crippen LogP) is 3.58. The Hall–Kier alpha value is -3.68. The van der Waals surface area contributed by atoms with Gasteiger partial charge in [-0.3, -0.25) is 19.9 Å². The minimum Gasteiger partial charge on any atom is -0.493 e. The number of carbonyl (C=O) groups is 1. The lowest BCUT2D eigenvalue weighted by atomic mass is 10.0. The Kier molecular flexibility index (Phi) is 4.31. The average molecular weight is 379 g/mol. The second-order valence-electron chi connectivity index (χ2n) is 6.45. The number of aliphatic imine (C=N–C) groups is 1. The van der Waals surface area contributed by atoms with Gasteiger partial charge in [0.15, 0.2) is 11.5 Å². The molecule has 0 radical (unpaired) electrons. The van der Waals surface area contributed by atoms with Gasteiger partial charge in [0.1, 0.15) is 0 Å². The van der Waals surface area contributed by atoms with Crippen LogP contribution in [0.15, 0.2) is 47.6 Å². The summed E-state index contributed by atoms with van der Waals surface area (Å²) in [6.45, 7) is 0. The summed E-state index contributed by atoms with van der Waals surface area (Å²) in [6, 6.07) is 9.44. The van der Waals surface area contributed by atoms with Gasteiger partial charge in [0.2, 0.25) is 0 Å². The summed E-state index contributed by atoms with van der Waals surface area (Å²) in [7, 11) is 3.03. The molecule has 0 unspecified atom stereocenters. The molecule has 0 N–H and O–H groups in total. The maximum atomic E-state index is 13.1. The first-order chi connectivity index (χ1) is 13.5. The van der Waals surface area contributed by atoms with E-state index in [1.165, 1.54) is 26.4 Å². The van der Waals surface area contributed by atoms with Crippen molar-refractivity contribution in [1.82, 2.24) is 4.90 Å². The highest BCUT2D eigenvalue weighted by molar-refractivity contribution is 6.05. The number of non-ortho nitro benzene ring substituents is 1. The zero-order chi connectivity index (χ0) is 19.8. The van der Waals surface area contributed by atoms with Gasteiger partial charge in [0.05, 0.1) is 36.4 Å². The Balaban J connectivity index is 1.72. The number of amides is 1. The monoisotopic (exact) mass is 379 g/mol. The average Bonchev–Trinajstić information content (AvgIpc) is 3.10. The van der Waals surface area contributed by atoms with Gasteiger partial charge in [-0.05, 0) is 17.2 Å². The van der Waals surface area contributed by atoms with E-state index in [0.717, 1.165) is 11.1 Å². The summed E-state index contributed by atoms with van der Waals surface area (Å²) in [5.74, 6) is 0.741. The number of methoxy groups -OCH3 is 2. The first-order valence-corrected chi connectivity index (χ1v) is 8.60. The highest BCUT2D eigenvalue weighted by Crippen LogP contribution is 2.39. The van der Waals surface area contributed by atoms with E-state index in [-0.39, 0.29) is 17.6 Å². The molecule has 0 aromatic heterocycles. The lowest BCUT2D eigenvalue weighted by molar-refractivity contribution is -0.384. The molecule has 8 heteroatoms. The normalized spacial score (nSPS) is 17.5. The van der Waals surface area contributed by atoms with E-state index < -0.39 is 4.92 Å². The smallest absolute Gasteiger partial charge is 0.270 e. The summed E-state index contributed by atoms with van der Waals surface area (Å²) in [5, 5.41) is 11.0. The number of nitro groups is 1. The first kappa shape index (κ1) is 17.7. The molecule has 4 rings (SSSR count). The van der Waals surface area contributed by atoms with Crippen molar-refractivity contribution >= 4 is 29.1 Å². The fourth-order valence-corrected chi connectivity index (χ4v) is 3.44. The van der Waals surface area contributed by atoms with E-state index in [4.69, 9.17) is 9.47 Å². The summed E-state index contributed by atoms with van der Waals surface area (Å²) < 4.78 is 10.6. The molecule has 2 aliphatic rings. The summed E-state index contributed by atoms with van der Waals surface area (Å²) >= 11 is 0. The van der Waals surface area contributed by atoms with E-state index >= 15 is 0 Å². The number of hydrogen-bond acceptors (Lipinski definition) is 6. The zero-order valence-corrected chi connectivity index (χ0v) is 15.3. The largest absolute Gasteiger partial charge is 0.493 e. The van der Waals surface area contributed by atoms with Gasteiger partial charge in [-0.2, -0.15) is 0 Å².